The van der Waals surface area contributed by atoms with Crippen molar-refractivity contribution in [3.8, 4) is 0 Å². The van der Waals surface area contributed by atoms with Crippen molar-refractivity contribution in [2.45, 2.75) is 32.5 Å². The monoisotopic (exact) mass is 347 g/mol. The average molecular weight is 348 g/mol. The number of imidazole rings is 1. The first-order valence-electron chi connectivity index (χ1n) is 7.02. The molecule has 1 N–H and O–H groups in total. The molecule has 0 aliphatic carbocycles. The van der Waals surface area contributed by atoms with Crippen molar-refractivity contribution in [3.05, 3.63) is 53.2 Å². The molecule has 2 atom stereocenters. The molecule has 2 unspecified atom stereocenters. The zero-order valence-corrected chi connectivity index (χ0v) is 13.7. The molecule has 4 nitrogen and oxygen atoms in total. The van der Waals surface area contributed by atoms with Gasteiger partial charge in [-0.2, -0.15) is 0 Å². The SMILES string of the molecule is CC(Cn1ccnc1)NC(C)c1cc2cc(Br)ccc2o1. The van der Waals surface area contributed by atoms with Crippen molar-refractivity contribution in [2.24, 2.45) is 0 Å². The molecule has 0 aliphatic rings. The number of rotatable bonds is 5. The third kappa shape index (κ3) is 3.36. The van der Waals surface area contributed by atoms with Crippen molar-refractivity contribution < 1.29 is 4.42 Å². The smallest absolute Gasteiger partial charge is 0.134 e. The molecular weight excluding hydrogens is 330 g/mol. The van der Waals surface area contributed by atoms with Crippen molar-refractivity contribution in [3.63, 3.8) is 0 Å². The Morgan fingerprint density at radius 1 is 1.33 bits per heavy atom. The summed E-state index contributed by atoms with van der Waals surface area (Å²) in [5.74, 6) is 0.959. The lowest BCUT2D eigenvalue weighted by Crippen LogP contribution is -2.32. The van der Waals surface area contributed by atoms with Gasteiger partial charge < -0.3 is 14.3 Å². The Balaban J connectivity index is 1.69. The molecule has 3 rings (SSSR count). The molecule has 110 valence electrons. The largest absolute Gasteiger partial charge is 0.459 e. The van der Waals surface area contributed by atoms with Gasteiger partial charge in [-0.05, 0) is 38.1 Å². The summed E-state index contributed by atoms with van der Waals surface area (Å²) in [6.07, 6.45) is 5.61. The zero-order valence-electron chi connectivity index (χ0n) is 12.1. The van der Waals surface area contributed by atoms with Crippen molar-refractivity contribution in [1.82, 2.24) is 14.9 Å². The van der Waals surface area contributed by atoms with Gasteiger partial charge in [0.25, 0.3) is 0 Å². The summed E-state index contributed by atoms with van der Waals surface area (Å²) < 4.78 is 9.05. The first-order valence-corrected chi connectivity index (χ1v) is 7.82. The molecule has 0 saturated heterocycles. The highest BCUT2D eigenvalue weighted by molar-refractivity contribution is 9.10. The van der Waals surface area contributed by atoms with E-state index in [-0.39, 0.29) is 6.04 Å². The van der Waals surface area contributed by atoms with Crippen LogP contribution in [0.5, 0.6) is 0 Å². The van der Waals surface area contributed by atoms with Gasteiger partial charge in [-0.15, -0.1) is 0 Å². The molecule has 3 aromatic rings. The highest BCUT2D eigenvalue weighted by Crippen LogP contribution is 2.26. The van der Waals surface area contributed by atoms with Crippen LogP contribution < -0.4 is 5.32 Å². The second kappa shape index (κ2) is 6.03. The van der Waals surface area contributed by atoms with E-state index in [2.05, 4.69) is 56.8 Å². The second-order valence-electron chi connectivity index (χ2n) is 5.38. The first-order chi connectivity index (χ1) is 10.1. The van der Waals surface area contributed by atoms with Gasteiger partial charge in [0.15, 0.2) is 0 Å². The van der Waals surface area contributed by atoms with Crippen LogP contribution in [0.4, 0.5) is 0 Å². The maximum atomic E-state index is 5.92. The number of hydrogen-bond acceptors (Lipinski definition) is 3. The summed E-state index contributed by atoms with van der Waals surface area (Å²) in [5.41, 5.74) is 0.920. The minimum atomic E-state index is 0.162. The van der Waals surface area contributed by atoms with Crippen LogP contribution in [0.25, 0.3) is 11.0 Å². The van der Waals surface area contributed by atoms with Crippen molar-refractivity contribution in [2.75, 3.05) is 0 Å². The predicted octanol–water partition coefficient (Wildman–Crippen LogP) is 4.13. The van der Waals surface area contributed by atoms with Crippen LogP contribution in [0, 0.1) is 0 Å². The highest BCUT2D eigenvalue weighted by atomic mass is 79.9. The summed E-state index contributed by atoms with van der Waals surface area (Å²) in [5, 5.41) is 4.68. The fraction of sp³-hybridized carbons (Fsp3) is 0.312. The maximum absolute atomic E-state index is 5.92. The summed E-state index contributed by atoms with van der Waals surface area (Å²) >= 11 is 3.49. The van der Waals surface area contributed by atoms with Gasteiger partial charge in [0.1, 0.15) is 11.3 Å². The quantitative estimate of drug-likeness (QED) is 0.754. The van der Waals surface area contributed by atoms with Crippen molar-refractivity contribution >= 4 is 26.9 Å². The number of halogens is 1. The number of hydrogen-bond donors (Lipinski definition) is 1. The Morgan fingerprint density at radius 2 is 2.19 bits per heavy atom. The van der Waals surface area contributed by atoms with Gasteiger partial charge in [0, 0.05) is 34.8 Å². The molecule has 0 saturated carbocycles. The van der Waals surface area contributed by atoms with E-state index < -0.39 is 0 Å². The fourth-order valence-corrected chi connectivity index (χ4v) is 2.90. The minimum absolute atomic E-state index is 0.162. The molecule has 5 heteroatoms. The zero-order chi connectivity index (χ0) is 14.8. The van der Waals surface area contributed by atoms with Crippen molar-refractivity contribution in [1.29, 1.82) is 0 Å². The Morgan fingerprint density at radius 3 is 2.95 bits per heavy atom. The molecule has 0 fully saturated rings. The van der Waals surface area contributed by atoms with Gasteiger partial charge in [0.05, 0.1) is 12.4 Å². The maximum Gasteiger partial charge on any atom is 0.134 e. The molecule has 0 aliphatic heterocycles. The van der Waals surface area contributed by atoms with Crippen LogP contribution in [0.1, 0.15) is 25.6 Å². The van der Waals surface area contributed by atoms with Crippen LogP contribution in [-0.2, 0) is 6.54 Å². The molecule has 0 amide bonds. The number of benzene rings is 1. The van der Waals surface area contributed by atoms with Gasteiger partial charge >= 0.3 is 0 Å². The summed E-state index contributed by atoms with van der Waals surface area (Å²) in [6.45, 7) is 5.17. The van der Waals surface area contributed by atoms with Crippen LogP contribution in [0.3, 0.4) is 0 Å². The Hall–Kier alpha value is -1.59. The van der Waals surface area contributed by atoms with E-state index in [1.165, 1.54) is 0 Å². The third-order valence-electron chi connectivity index (χ3n) is 3.50. The number of nitrogens with one attached hydrogen (secondary N) is 1. The number of nitrogens with zero attached hydrogens (tertiary/aromatic N) is 2. The van der Waals surface area contributed by atoms with E-state index in [9.17, 15) is 0 Å². The first kappa shape index (κ1) is 14.4. The van der Waals surface area contributed by atoms with Gasteiger partial charge in [-0.1, -0.05) is 15.9 Å². The van der Waals surface area contributed by atoms with E-state index in [1.807, 2.05) is 24.7 Å². The number of fused-ring (bicyclic) bond motifs is 1. The lowest BCUT2D eigenvalue weighted by molar-refractivity contribution is 0.386. The Bertz CT molecular complexity index is 720. The normalized spacial score (nSPS) is 14.4. The summed E-state index contributed by atoms with van der Waals surface area (Å²) in [6, 6.07) is 8.65. The van der Waals surface area contributed by atoms with E-state index >= 15 is 0 Å². The van der Waals surface area contributed by atoms with Crippen LogP contribution in [0.15, 0.2) is 51.9 Å². The minimum Gasteiger partial charge on any atom is -0.459 e. The lowest BCUT2D eigenvalue weighted by Gasteiger charge is -2.18. The van der Waals surface area contributed by atoms with E-state index in [0.717, 1.165) is 27.7 Å². The Kier molecular flexibility index (Phi) is 4.12. The van der Waals surface area contributed by atoms with Crippen LogP contribution >= 0.6 is 15.9 Å². The molecular formula is C16H18BrN3O. The predicted molar refractivity (Wildman–Crippen MR) is 87.2 cm³/mol. The third-order valence-corrected chi connectivity index (χ3v) is 4.00. The fourth-order valence-electron chi connectivity index (χ4n) is 2.52. The van der Waals surface area contributed by atoms with E-state index in [4.69, 9.17) is 4.42 Å². The lowest BCUT2D eigenvalue weighted by atomic mass is 10.2. The molecule has 2 aromatic heterocycles. The Labute approximate surface area is 132 Å². The summed E-state index contributed by atoms with van der Waals surface area (Å²) in [4.78, 5) is 4.06. The van der Waals surface area contributed by atoms with Crippen LogP contribution in [-0.4, -0.2) is 15.6 Å². The number of aromatic nitrogens is 2. The van der Waals surface area contributed by atoms with Gasteiger partial charge in [0.2, 0.25) is 0 Å². The van der Waals surface area contributed by atoms with E-state index in [0.29, 0.717) is 6.04 Å². The molecule has 0 spiro atoms. The highest BCUT2D eigenvalue weighted by Gasteiger charge is 2.14. The topological polar surface area (TPSA) is 43.0 Å². The van der Waals surface area contributed by atoms with Gasteiger partial charge in [-0.3, -0.25) is 0 Å². The molecule has 1 aromatic carbocycles. The molecule has 0 bridgehead atoms. The molecule has 0 radical (unpaired) electrons. The number of furan rings is 1. The molecule has 21 heavy (non-hydrogen) atoms. The van der Waals surface area contributed by atoms with E-state index in [1.54, 1.807) is 6.20 Å². The second-order valence-corrected chi connectivity index (χ2v) is 6.30. The molecule has 2 heterocycles. The van der Waals surface area contributed by atoms with Crippen LogP contribution in [0.2, 0.25) is 0 Å². The standard InChI is InChI=1S/C16H18BrN3O/c1-11(9-20-6-5-18-10-20)19-12(2)16-8-13-7-14(17)3-4-15(13)21-16/h3-8,10-12,19H,9H2,1-2H3. The summed E-state index contributed by atoms with van der Waals surface area (Å²) in [7, 11) is 0. The average Bonchev–Trinajstić information content (AvgIpc) is 3.06. The van der Waals surface area contributed by atoms with Gasteiger partial charge in [-0.25, -0.2) is 4.98 Å².